The van der Waals surface area contributed by atoms with Crippen molar-refractivity contribution in [1.82, 2.24) is 0 Å². The Morgan fingerprint density at radius 1 is 0.875 bits per heavy atom. The van der Waals surface area contributed by atoms with E-state index < -0.39 is 0 Å². The van der Waals surface area contributed by atoms with Crippen LogP contribution in [0.2, 0.25) is 0 Å². The molecule has 1 heteroatoms. The van der Waals surface area contributed by atoms with Crippen LogP contribution < -0.4 is 0 Å². The number of halogens is 1. The number of rotatable bonds is 7. The minimum absolute atomic E-state index is 1.07. The van der Waals surface area contributed by atoms with Gasteiger partial charge in [-0.2, -0.15) is 0 Å². The van der Waals surface area contributed by atoms with Crippen molar-refractivity contribution in [3.63, 3.8) is 0 Å². The SMILES string of the molecule is CC(C)=CCC/C(C)=C/C/C=C(/C)CCBr. The highest BCUT2D eigenvalue weighted by Gasteiger charge is 1.89. The van der Waals surface area contributed by atoms with Gasteiger partial charge in [0.15, 0.2) is 0 Å². The van der Waals surface area contributed by atoms with Gasteiger partial charge in [-0.3, -0.25) is 0 Å². The minimum atomic E-state index is 1.07. The Hall–Kier alpha value is -0.300. The Bertz CT molecular complexity index is 265. The molecule has 0 heterocycles. The number of allylic oxidation sites excluding steroid dienone is 6. The van der Waals surface area contributed by atoms with E-state index in [9.17, 15) is 0 Å². The van der Waals surface area contributed by atoms with Gasteiger partial charge >= 0.3 is 0 Å². The van der Waals surface area contributed by atoms with E-state index >= 15 is 0 Å². The quantitative estimate of drug-likeness (QED) is 0.409. The van der Waals surface area contributed by atoms with Crippen molar-refractivity contribution >= 4 is 15.9 Å². The van der Waals surface area contributed by atoms with Crippen molar-refractivity contribution in [2.75, 3.05) is 5.33 Å². The van der Waals surface area contributed by atoms with Crippen LogP contribution in [0.4, 0.5) is 0 Å². The molecule has 0 atom stereocenters. The molecule has 0 spiro atoms. The Balaban J connectivity index is 3.87. The van der Waals surface area contributed by atoms with Crippen LogP contribution in [0.5, 0.6) is 0 Å². The highest BCUT2D eigenvalue weighted by Crippen LogP contribution is 2.09. The zero-order valence-corrected chi connectivity index (χ0v) is 12.7. The topological polar surface area (TPSA) is 0 Å². The highest BCUT2D eigenvalue weighted by atomic mass is 79.9. The number of alkyl halides is 1. The first-order valence-corrected chi connectivity index (χ1v) is 7.19. The zero-order chi connectivity index (χ0) is 12.4. The molecule has 0 aromatic carbocycles. The second kappa shape index (κ2) is 9.89. The average molecular weight is 285 g/mol. The van der Waals surface area contributed by atoms with E-state index in [2.05, 4.69) is 61.9 Å². The Morgan fingerprint density at radius 2 is 1.44 bits per heavy atom. The fraction of sp³-hybridized carbons (Fsp3) is 0.600. The van der Waals surface area contributed by atoms with E-state index in [-0.39, 0.29) is 0 Å². The van der Waals surface area contributed by atoms with E-state index in [1.807, 2.05) is 0 Å². The van der Waals surface area contributed by atoms with Gasteiger partial charge < -0.3 is 0 Å². The van der Waals surface area contributed by atoms with Crippen molar-refractivity contribution in [1.29, 1.82) is 0 Å². The van der Waals surface area contributed by atoms with E-state index in [0.29, 0.717) is 0 Å². The van der Waals surface area contributed by atoms with Crippen molar-refractivity contribution in [2.45, 2.75) is 53.4 Å². The van der Waals surface area contributed by atoms with Gasteiger partial charge in [0.25, 0.3) is 0 Å². The van der Waals surface area contributed by atoms with Crippen LogP contribution in [0, 0.1) is 0 Å². The van der Waals surface area contributed by atoms with E-state index in [4.69, 9.17) is 0 Å². The molecule has 0 radical (unpaired) electrons. The molecule has 0 bridgehead atoms. The molecule has 0 amide bonds. The monoisotopic (exact) mass is 284 g/mol. The smallest absolute Gasteiger partial charge is 0.00684 e. The van der Waals surface area contributed by atoms with Crippen molar-refractivity contribution in [3.05, 3.63) is 34.9 Å². The summed E-state index contributed by atoms with van der Waals surface area (Å²) in [4.78, 5) is 0. The molecule has 0 saturated carbocycles. The van der Waals surface area contributed by atoms with Gasteiger partial charge in [-0.05, 0) is 53.4 Å². The van der Waals surface area contributed by atoms with E-state index in [1.54, 1.807) is 0 Å². The number of hydrogen-bond donors (Lipinski definition) is 0. The third-order valence-electron chi connectivity index (χ3n) is 2.51. The third kappa shape index (κ3) is 10.2. The Morgan fingerprint density at radius 3 is 1.94 bits per heavy atom. The molecule has 0 unspecified atom stereocenters. The molecule has 0 fully saturated rings. The molecule has 0 N–H and O–H groups in total. The molecule has 0 aromatic heterocycles. The summed E-state index contributed by atoms with van der Waals surface area (Å²) in [6.07, 6.45) is 11.6. The fourth-order valence-electron chi connectivity index (χ4n) is 1.40. The van der Waals surface area contributed by atoms with Gasteiger partial charge in [-0.1, -0.05) is 50.9 Å². The molecule has 0 aliphatic carbocycles. The lowest BCUT2D eigenvalue weighted by atomic mass is 10.1. The van der Waals surface area contributed by atoms with Gasteiger partial charge in [0.1, 0.15) is 0 Å². The van der Waals surface area contributed by atoms with E-state index in [0.717, 1.165) is 18.2 Å². The second-order valence-corrected chi connectivity index (χ2v) is 5.39. The van der Waals surface area contributed by atoms with Crippen LogP contribution in [0.3, 0.4) is 0 Å². The van der Waals surface area contributed by atoms with Crippen LogP contribution >= 0.6 is 15.9 Å². The van der Waals surface area contributed by atoms with Crippen molar-refractivity contribution in [3.8, 4) is 0 Å². The predicted molar refractivity (Wildman–Crippen MR) is 79.2 cm³/mol. The molecular formula is C15H25Br. The molecule has 0 aliphatic heterocycles. The van der Waals surface area contributed by atoms with Crippen LogP contribution in [0.15, 0.2) is 34.9 Å². The summed E-state index contributed by atoms with van der Waals surface area (Å²) < 4.78 is 0. The second-order valence-electron chi connectivity index (χ2n) is 4.60. The molecule has 0 rings (SSSR count). The van der Waals surface area contributed by atoms with Crippen LogP contribution in [0.1, 0.15) is 53.4 Å². The molecule has 0 aliphatic rings. The standard InChI is InChI=1S/C15H25Br/c1-13(2)7-5-8-14(3)9-6-10-15(4)11-12-16/h7,9-10H,5-6,8,11-12H2,1-4H3/b14-9+,15-10-. The van der Waals surface area contributed by atoms with Crippen molar-refractivity contribution in [2.24, 2.45) is 0 Å². The molecule has 0 aromatic rings. The maximum atomic E-state index is 3.46. The van der Waals surface area contributed by atoms with Gasteiger partial charge in [0.05, 0.1) is 0 Å². The fourth-order valence-corrected chi connectivity index (χ4v) is 2.03. The van der Waals surface area contributed by atoms with Gasteiger partial charge in [0.2, 0.25) is 0 Å². The minimum Gasteiger partial charge on any atom is -0.0925 e. The lowest BCUT2D eigenvalue weighted by Crippen LogP contribution is -1.79. The molecule has 0 nitrogen and oxygen atoms in total. The summed E-state index contributed by atoms with van der Waals surface area (Å²) in [6.45, 7) is 8.75. The van der Waals surface area contributed by atoms with E-state index in [1.165, 1.54) is 29.6 Å². The Labute approximate surface area is 110 Å². The van der Waals surface area contributed by atoms with Gasteiger partial charge in [-0.15, -0.1) is 0 Å². The predicted octanol–water partition coefficient (Wildman–Crippen LogP) is 5.80. The maximum absolute atomic E-state index is 3.46. The van der Waals surface area contributed by atoms with Crippen LogP contribution in [-0.4, -0.2) is 5.33 Å². The normalized spacial score (nSPS) is 12.8. The zero-order valence-electron chi connectivity index (χ0n) is 11.1. The summed E-state index contributed by atoms with van der Waals surface area (Å²) in [6, 6.07) is 0. The molecule has 0 saturated heterocycles. The summed E-state index contributed by atoms with van der Waals surface area (Å²) in [5, 5.41) is 1.07. The average Bonchev–Trinajstić information content (AvgIpc) is 2.17. The molecular weight excluding hydrogens is 260 g/mol. The third-order valence-corrected chi connectivity index (χ3v) is 2.91. The first-order chi connectivity index (χ1) is 7.56. The summed E-state index contributed by atoms with van der Waals surface area (Å²) in [7, 11) is 0. The molecule has 16 heavy (non-hydrogen) atoms. The summed E-state index contributed by atoms with van der Waals surface area (Å²) in [5.74, 6) is 0. The Kier molecular flexibility index (Phi) is 9.71. The first-order valence-electron chi connectivity index (χ1n) is 6.07. The maximum Gasteiger partial charge on any atom is 0.00684 e. The lowest BCUT2D eigenvalue weighted by Gasteiger charge is -1.99. The van der Waals surface area contributed by atoms with Gasteiger partial charge in [0, 0.05) is 5.33 Å². The first kappa shape index (κ1) is 15.7. The summed E-state index contributed by atoms with van der Waals surface area (Å²) >= 11 is 3.46. The summed E-state index contributed by atoms with van der Waals surface area (Å²) in [5.41, 5.74) is 4.39. The van der Waals surface area contributed by atoms with Crippen molar-refractivity contribution < 1.29 is 0 Å². The number of hydrogen-bond acceptors (Lipinski definition) is 0. The lowest BCUT2D eigenvalue weighted by molar-refractivity contribution is 0.957. The highest BCUT2D eigenvalue weighted by molar-refractivity contribution is 9.09. The molecule has 92 valence electrons. The largest absolute Gasteiger partial charge is 0.0925 e. The van der Waals surface area contributed by atoms with Crippen LogP contribution in [-0.2, 0) is 0 Å². The van der Waals surface area contributed by atoms with Gasteiger partial charge in [-0.25, -0.2) is 0 Å². The van der Waals surface area contributed by atoms with Crippen LogP contribution in [0.25, 0.3) is 0 Å².